The Hall–Kier alpha value is -1.34. The molecule has 0 aromatic heterocycles. The second-order valence-electron chi connectivity index (χ2n) is 5.11. The van der Waals surface area contributed by atoms with Gasteiger partial charge in [0.1, 0.15) is 5.82 Å². The SMILES string of the molecule is CC(C)CCC(Cc1cc([N+](=O)[O-])ccc1F)S(=O)O. The normalized spacial score (nSPS) is 14.2. The summed E-state index contributed by atoms with van der Waals surface area (Å²) in [7, 11) is 0. The van der Waals surface area contributed by atoms with Gasteiger partial charge in [-0.25, -0.2) is 8.60 Å². The highest BCUT2D eigenvalue weighted by atomic mass is 32.2. The predicted octanol–water partition coefficient (Wildman–Crippen LogP) is 3.30. The maximum absolute atomic E-state index is 13.7. The van der Waals surface area contributed by atoms with Gasteiger partial charge >= 0.3 is 0 Å². The number of hydrogen-bond acceptors (Lipinski definition) is 3. The van der Waals surface area contributed by atoms with Gasteiger partial charge in [0.15, 0.2) is 11.1 Å². The molecule has 0 saturated heterocycles. The van der Waals surface area contributed by atoms with Crippen LogP contribution in [0.2, 0.25) is 0 Å². The summed E-state index contributed by atoms with van der Waals surface area (Å²) in [5.74, 6) is -0.216. The van der Waals surface area contributed by atoms with Crippen molar-refractivity contribution in [2.45, 2.75) is 38.4 Å². The van der Waals surface area contributed by atoms with Gasteiger partial charge in [0.25, 0.3) is 5.69 Å². The van der Waals surface area contributed by atoms with Gasteiger partial charge in [-0.2, -0.15) is 0 Å². The Labute approximate surface area is 119 Å². The third-order valence-corrected chi connectivity index (χ3v) is 4.01. The molecule has 1 aromatic carbocycles. The van der Waals surface area contributed by atoms with Crippen molar-refractivity contribution in [3.05, 3.63) is 39.7 Å². The molecule has 0 fully saturated rings. The number of rotatable bonds is 7. The summed E-state index contributed by atoms with van der Waals surface area (Å²) < 4.78 is 34.2. The summed E-state index contributed by atoms with van der Waals surface area (Å²) in [6.45, 7) is 3.98. The lowest BCUT2D eigenvalue weighted by atomic mass is 10.0. The molecule has 0 amide bonds. The number of non-ortho nitro benzene ring substituents is 1. The molecule has 5 nitrogen and oxygen atoms in total. The van der Waals surface area contributed by atoms with Crippen molar-refractivity contribution in [1.29, 1.82) is 0 Å². The molecular weight excluding hydrogens is 285 g/mol. The van der Waals surface area contributed by atoms with E-state index in [9.17, 15) is 23.3 Å². The Morgan fingerprint density at radius 1 is 1.40 bits per heavy atom. The standard InChI is InChI=1S/C13H18FNO4S/c1-9(2)3-5-12(20(18)19)8-10-7-11(15(16)17)4-6-13(10)14/h4,6-7,9,12H,3,5,8H2,1-2H3,(H,18,19). The predicted molar refractivity (Wildman–Crippen MR) is 75.4 cm³/mol. The van der Waals surface area contributed by atoms with E-state index in [4.69, 9.17) is 0 Å². The fourth-order valence-corrected chi connectivity index (χ4v) is 2.53. The van der Waals surface area contributed by atoms with Gasteiger partial charge in [0.2, 0.25) is 0 Å². The molecule has 7 heteroatoms. The zero-order chi connectivity index (χ0) is 15.3. The molecule has 0 radical (unpaired) electrons. The van der Waals surface area contributed by atoms with Crippen LogP contribution in [0.15, 0.2) is 18.2 Å². The van der Waals surface area contributed by atoms with Gasteiger partial charge in [0.05, 0.1) is 10.2 Å². The van der Waals surface area contributed by atoms with Gasteiger partial charge in [-0.05, 0) is 36.8 Å². The van der Waals surface area contributed by atoms with Crippen LogP contribution in [-0.4, -0.2) is 18.9 Å². The second-order valence-corrected chi connectivity index (χ2v) is 6.33. The first-order chi connectivity index (χ1) is 9.31. The molecular formula is C13H18FNO4S. The lowest BCUT2D eigenvalue weighted by Crippen LogP contribution is -2.19. The molecule has 0 spiro atoms. The molecule has 20 heavy (non-hydrogen) atoms. The topological polar surface area (TPSA) is 80.4 Å². The van der Waals surface area contributed by atoms with Gasteiger partial charge in [0, 0.05) is 12.1 Å². The number of nitro groups is 1. The number of nitrogens with zero attached hydrogens (tertiary/aromatic N) is 1. The summed E-state index contributed by atoms with van der Waals surface area (Å²) in [5.41, 5.74) is -0.108. The van der Waals surface area contributed by atoms with Crippen LogP contribution in [0.3, 0.4) is 0 Å². The van der Waals surface area contributed by atoms with E-state index in [1.807, 2.05) is 13.8 Å². The molecule has 1 N–H and O–H groups in total. The third-order valence-electron chi connectivity index (χ3n) is 3.04. The first-order valence-corrected chi connectivity index (χ1v) is 7.50. The van der Waals surface area contributed by atoms with E-state index in [0.717, 1.165) is 24.6 Å². The van der Waals surface area contributed by atoms with E-state index >= 15 is 0 Å². The molecule has 2 atom stereocenters. The van der Waals surface area contributed by atoms with Crippen molar-refractivity contribution in [1.82, 2.24) is 0 Å². The quantitative estimate of drug-likeness (QED) is 0.476. The lowest BCUT2D eigenvalue weighted by Gasteiger charge is -2.14. The Morgan fingerprint density at radius 2 is 2.05 bits per heavy atom. The van der Waals surface area contributed by atoms with Gasteiger partial charge in [-0.3, -0.25) is 10.1 Å². The fraction of sp³-hybridized carbons (Fsp3) is 0.538. The van der Waals surface area contributed by atoms with E-state index in [0.29, 0.717) is 12.3 Å². The molecule has 0 saturated carbocycles. The third kappa shape index (κ3) is 4.97. The van der Waals surface area contributed by atoms with E-state index < -0.39 is 27.1 Å². The molecule has 1 aromatic rings. The van der Waals surface area contributed by atoms with E-state index in [1.165, 1.54) is 0 Å². The van der Waals surface area contributed by atoms with Crippen LogP contribution >= 0.6 is 0 Å². The van der Waals surface area contributed by atoms with E-state index in [2.05, 4.69) is 0 Å². The number of benzene rings is 1. The first-order valence-electron chi connectivity index (χ1n) is 6.33. The zero-order valence-corrected chi connectivity index (χ0v) is 12.2. The Kier molecular flexibility index (Phi) is 6.22. The van der Waals surface area contributed by atoms with Gasteiger partial charge in [-0.1, -0.05) is 13.8 Å². The van der Waals surface area contributed by atoms with Gasteiger partial charge < -0.3 is 4.55 Å². The minimum absolute atomic E-state index is 0.0172. The molecule has 2 unspecified atom stereocenters. The summed E-state index contributed by atoms with van der Waals surface area (Å²) in [4.78, 5) is 10.1. The van der Waals surface area contributed by atoms with Crippen LogP contribution in [0.4, 0.5) is 10.1 Å². The molecule has 0 aliphatic rings. The minimum atomic E-state index is -2.08. The smallest absolute Gasteiger partial charge is 0.269 e. The van der Waals surface area contributed by atoms with Crippen LogP contribution < -0.4 is 0 Å². The largest absolute Gasteiger partial charge is 0.306 e. The highest BCUT2D eigenvalue weighted by Crippen LogP contribution is 2.21. The minimum Gasteiger partial charge on any atom is -0.306 e. The van der Waals surface area contributed by atoms with Crippen LogP contribution in [0.25, 0.3) is 0 Å². The average Bonchev–Trinajstić information content (AvgIpc) is 2.35. The molecule has 0 heterocycles. The molecule has 0 aliphatic heterocycles. The van der Waals surface area contributed by atoms with Crippen LogP contribution in [0.5, 0.6) is 0 Å². The van der Waals surface area contributed by atoms with Gasteiger partial charge in [-0.15, -0.1) is 0 Å². The number of nitro benzene ring substituents is 1. The lowest BCUT2D eigenvalue weighted by molar-refractivity contribution is -0.385. The second kappa shape index (κ2) is 7.44. The van der Waals surface area contributed by atoms with Crippen LogP contribution in [0.1, 0.15) is 32.3 Å². The fourth-order valence-electron chi connectivity index (χ4n) is 1.87. The van der Waals surface area contributed by atoms with Crippen molar-refractivity contribution in [3.63, 3.8) is 0 Å². The molecule has 1 rings (SSSR count). The Morgan fingerprint density at radius 3 is 2.55 bits per heavy atom. The monoisotopic (exact) mass is 303 g/mol. The average molecular weight is 303 g/mol. The molecule has 0 bridgehead atoms. The summed E-state index contributed by atoms with van der Waals surface area (Å²) >= 11 is -2.08. The van der Waals surface area contributed by atoms with Crippen molar-refractivity contribution in [2.75, 3.05) is 0 Å². The number of halogens is 1. The summed E-state index contributed by atoms with van der Waals surface area (Å²) in [5, 5.41) is 10.1. The number of hydrogen-bond donors (Lipinski definition) is 1. The first kappa shape index (κ1) is 16.7. The van der Waals surface area contributed by atoms with E-state index in [-0.39, 0.29) is 17.7 Å². The molecule has 0 aliphatic carbocycles. The van der Waals surface area contributed by atoms with Crippen molar-refractivity contribution in [3.8, 4) is 0 Å². The van der Waals surface area contributed by atoms with E-state index in [1.54, 1.807) is 0 Å². The summed E-state index contributed by atoms with van der Waals surface area (Å²) in [6.07, 6.45) is 1.24. The van der Waals surface area contributed by atoms with Crippen molar-refractivity contribution < 1.29 is 18.1 Å². The maximum atomic E-state index is 13.7. The zero-order valence-electron chi connectivity index (χ0n) is 11.4. The van der Waals surface area contributed by atoms with Crippen molar-refractivity contribution in [2.24, 2.45) is 5.92 Å². The summed E-state index contributed by atoms with van der Waals surface area (Å²) in [6, 6.07) is 3.23. The molecule has 112 valence electrons. The van der Waals surface area contributed by atoms with Crippen LogP contribution in [-0.2, 0) is 17.5 Å². The highest BCUT2D eigenvalue weighted by molar-refractivity contribution is 7.79. The highest BCUT2D eigenvalue weighted by Gasteiger charge is 2.20. The Balaban J connectivity index is 2.90. The van der Waals surface area contributed by atoms with Crippen LogP contribution in [0, 0.1) is 21.8 Å². The Bertz CT molecular complexity index is 507. The maximum Gasteiger partial charge on any atom is 0.269 e. The van der Waals surface area contributed by atoms with Crippen molar-refractivity contribution >= 4 is 16.8 Å².